The molecule has 0 aromatic carbocycles. The van der Waals surface area contributed by atoms with E-state index in [-0.39, 0.29) is 5.56 Å². The molecule has 0 aliphatic heterocycles. The Balaban J connectivity index is 2.99. The highest BCUT2D eigenvalue weighted by atomic mass is 79.9. The molecule has 1 aromatic heterocycles. The van der Waals surface area contributed by atoms with Crippen molar-refractivity contribution < 1.29 is 8.78 Å². The smallest absolute Gasteiger partial charge is 0.249 e. The minimum Gasteiger partial charge on any atom is -0.249 e. The van der Waals surface area contributed by atoms with Crippen LogP contribution in [0.15, 0.2) is 22.9 Å². The molecule has 0 spiro atoms. The van der Waals surface area contributed by atoms with E-state index in [9.17, 15) is 8.78 Å². The van der Waals surface area contributed by atoms with Crippen molar-refractivity contribution in [3.05, 3.63) is 28.5 Å². The van der Waals surface area contributed by atoms with Crippen LogP contribution in [0.4, 0.5) is 8.78 Å². The van der Waals surface area contributed by atoms with Crippen LogP contribution in [0.5, 0.6) is 0 Å². The van der Waals surface area contributed by atoms with Crippen molar-refractivity contribution in [1.29, 1.82) is 0 Å². The SMILES string of the molecule is CC(F)(F)c1ccc(Br)nc1. The van der Waals surface area contributed by atoms with Gasteiger partial charge < -0.3 is 0 Å². The average Bonchev–Trinajstić information content (AvgIpc) is 1.86. The molecule has 1 aromatic rings. The zero-order chi connectivity index (χ0) is 8.48. The highest BCUT2D eigenvalue weighted by Crippen LogP contribution is 2.26. The van der Waals surface area contributed by atoms with E-state index >= 15 is 0 Å². The van der Waals surface area contributed by atoms with Gasteiger partial charge in [-0.15, -0.1) is 0 Å². The van der Waals surface area contributed by atoms with E-state index in [0.29, 0.717) is 4.60 Å². The first kappa shape index (κ1) is 8.59. The summed E-state index contributed by atoms with van der Waals surface area (Å²) in [6, 6.07) is 2.84. The summed E-state index contributed by atoms with van der Waals surface area (Å²) in [5, 5.41) is 0. The second kappa shape index (κ2) is 2.85. The molecule has 1 nitrogen and oxygen atoms in total. The zero-order valence-corrected chi connectivity index (χ0v) is 7.40. The maximum absolute atomic E-state index is 12.5. The molecule has 0 amide bonds. The summed E-state index contributed by atoms with van der Waals surface area (Å²) in [6.07, 6.45) is 1.16. The van der Waals surface area contributed by atoms with Crippen molar-refractivity contribution in [2.24, 2.45) is 0 Å². The highest BCUT2D eigenvalue weighted by Gasteiger charge is 2.23. The topological polar surface area (TPSA) is 12.9 Å². The Labute approximate surface area is 71.6 Å². The van der Waals surface area contributed by atoms with Crippen molar-refractivity contribution in [2.45, 2.75) is 12.8 Å². The van der Waals surface area contributed by atoms with Crippen LogP contribution in [0, 0.1) is 0 Å². The Morgan fingerprint density at radius 1 is 1.45 bits per heavy atom. The van der Waals surface area contributed by atoms with Crippen molar-refractivity contribution in [3.63, 3.8) is 0 Å². The average molecular weight is 222 g/mol. The molecule has 1 rings (SSSR count). The predicted octanol–water partition coefficient (Wildman–Crippen LogP) is 2.96. The number of aromatic nitrogens is 1. The van der Waals surface area contributed by atoms with Crippen LogP contribution in [0.3, 0.4) is 0 Å². The Morgan fingerprint density at radius 2 is 2.09 bits per heavy atom. The van der Waals surface area contributed by atoms with Gasteiger partial charge in [0.05, 0.1) is 0 Å². The van der Waals surface area contributed by atoms with Crippen LogP contribution < -0.4 is 0 Å². The predicted molar refractivity (Wildman–Crippen MR) is 41.5 cm³/mol. The Bertz CT molecular complexity index is 240. The first-order valence-corrected chi connectivity index (χ1v) is 3.79. The second-order valence-electron chi connectivity index (χ2n) is 2.26. The molecule has 0 aliphatic rings. The summed E-state index contributed by atoms with van der Waals surface area (Å²) in [6.45, 7) is 0.845. The molecule has 0 aliphatic carbocycles. The lowest BCUT2D eigenvalue weighted by atomic mass is 10.2. The third kappa shape index (κ3) is 2.22. The molecular weight excluding hydrogens is 216 g/mol. The molecule has 0 saturated carbocycles. The molecule has 60 valence electrons. The lowest BCUT2D eigenvalue weighted by Crippen LogP contribution is -2.06. The monoisotopic (exact) mass is 221 g/mol. The van der Waals surface area contributed by atoms with Crippen molar-refractivity contribution in [1.82, 2.24) is 4.98 Å². The number of nitrogens with zero attached hydrogens (tertiary/aromatic N) is 1. The Kier molecular flexibility index (Phi) is 2.23. The fourth-order valence-corrected chi connectivity index (χ4v) is 0.870. The van der Waals surface area contributed by atoms with Gasteiger partial charge in [-0.2, -0.15) is 0 Å². The molecule has 0 unspecified atom stereocenters. The summed E-state index contributed by atoms with van der Waals surface area (Å²) in [4.78, 5) is 3.68. The molecule has 4 heteroatoms. The van der Waals surface area contributed by atoms with E-state index in [4.69, 9.17) is 0 Å². The largest absolute Gasteiger partial charge is 0.272 e. The van der Waals surface area contributed by atoms with E-state index in [1.54, 1.807) is 0 Å². The Hall–Kier alpha value is -0.510. The summed E-state index contributed by atoms with van der Waals surface area (Å²) in [5.41, 5.74) is -0.0688. The number of rotatable bonds is 1. The van der Waals surface area contributed by atoms with Crippen LogP contribution >= 0.6 is 15.9 Å². The van der Waals surface area contributed by atoms with Crippen LogP contribution in [0.2, 0.25) is 0 Å². The first-order valence-electron chi connectivity index (χ1n) is 3.00. The first-order chi connectivity index (χ1) is 5.00. The molecule has 11 heavy (non-hydrogen) atoms. The normalized spacial score (nSPS) is 11.6. The third-order valence-electron chi connectivity index (χ3n) is 1.23. The van der Waals surface area contributed by atoms with Gasteiger partial charge in [-0.1, -0.05) is 0 Å². The number of hydrogen-bond donors (Lipinski definition) is 0. The molecule has 0 fully saturated rings. The molecule has 0 N–H and O–H groups in total. The lowest BCUT2D eigenvalue weighted by molar-refractivity contribution is 0.0171. The van der Waals surface area contributed by atoms with Crippen molar-refractivity contribution >= 4 is 15.9 Å². The van der Waals surface area contributed by atoms with E-state index in [1.807, 2.05) is 0 Å². The fourth-order valence-electron chi connectivity index (χ4n) is 0.635. The molecule has 0 atom stereocenters. The summed E-state index contributed by atoms with van der Waals surface area (Å²) < 4.78 is 25.6. The number of alkyl halides is 2. The zero-order valence-electron chi connectivity index (χ0n) is 5.81. The maximum atomic E-state index is 12.5. The second-order valence-corrected chi connectivity index (χ2v) is 3.07. The number of pyridine rings is 1. The molecular formula is C7H6BrF2N. The van der Waals surface area contributed by atoms with E-state index in [2.05, 4.69) is 20.9 Å². The quantitative estimate of drug-likeness (QED) is 0.665. The third-order valence-corrected chi connectivity index (χ3v) is 1.70. The standard InChI is InChI=1S/C7H6BrF2N/c1-7(9,10)5-2-3-6(8)11-4-5/h2-4H,1H3. The fraction of sp³-hybridized carbons (Fsp3) is 0.286. The van der Waals surface area contributed by atoms with Crippen LogP contribution in [0.25, 0.3) is 0 Å². The lowest BCUT2D eigenvalue weighted by Gasteiger charge is -2.08. The Morgan fingerprint density at radius 3 is 2.45 bits per heavy atom. The van der Waals surface area contributed by atoms with Crippen molar-refractivity contribution in [2.75, 3.05) is 0 Å². The van der Waals surface area contributed by atoms with Gasteiger partial charge in [0.25, 0.3) is 5.92 Å². The van der Waals surface area contributed by atoms with Gasteiger partial charge >= 0.3 is 0 Å². The van der Waals surface area contributed by atoms with Gasteiger partial charge in [-0.25, -0.2) is 13.8 Å². The van der Waals surface area contributed by atoms with E-state index in [1.165, 1.54) is 12.1 Å². The van der Waals surface area contributed by atoms with Gasteiger partial charge in [0.1, 0.15) is 4.60 Å². The van der Waals surface area contributed by atoms with Crippen LogP contribution in [-0.2, 0) is 5.92 Å². The van der Waals surface area contributed by atoms with Gasteiger partial charge in [0.15, 0.2) is 0 Å². The molecule has 0 saturated heterocycles. The minimum absolute atomic E-state index is 0.0688. The molecule has 1 heterocycles. The molecule has 0 radical (unpaired) electrons. The van der Waals surface area contributed by atoms with Crippen LogP contribution in [-0.4, -0.2) is 4.98 Å². The van der Waals surface area contributed by atoms with Gasteiger partial charge in [-0.3, -0.25) is 0 Å². The summed E-state index contributed by atoms with van der Waals surface area (Å²) in [5.74, 6) is -2.80. The summed E-state index contributed by atoms with van der Waals surface area (Å²) in [7, 11) is 0. The van der Waals surface area contributed by atoms with Gasteiger partial charge in [-0.05, 0) is 28.1 Å². The van der Waals surface area contributed by atoms with Crippen LogP contribution in [0.1, 0.15) is 12.5 Å². The number of hydrogen-bond acceptors (Lipinski definition) is 1. The molecule has 0 bridgehead atoms. The highest BCUT2D eigenvalue weighted by molar-refractivity contribution is 9.10. The van der Waals surface area contributed by atoms with Gasteiger partial charge in [0, 0.05) is 18.7 Å². The van der Waals surface area contributed by atoms with Crippen molar-refractivity contribution in [3.8, 4) is 0 Å². The minimum atomic E-state index is -2.80. The van der Waals surface area contributed by atoms with E-state index in [0.717, 1.165) is 13.1 Å². The van der Waals surface area contributed by atoms with Gasteiger partial charge in [0.2, 0.25) is 0 Å². The number of halogens is 3. The summed E-state index contributed by atoms with van der Waals surface area (Å²) >= 11 is 3.06. The van der Waals surface area contributed by atoms with E-state index < -0.39 is 5.92 Å². The maximum Gasteiger partial charge on any atom is 0.272 e.